The van der Waals surface area contributed by atoms with Gasteiger partial charge in [0.2, 0.25) is 5.91 Å². The molecule has 2 amide bonds. The van der Waals surface area contributed by atoms with Crippen LogP contribution in [0.4, 0.5) is 15.8 Å². The van der Waals surface area contributed by atoms with Crippen LogP contribution in [0.15, 0.2) is 42.5 Å². The van der Waals surface area contributed by atoms with Gasteiger partial charge in [-0.15, -0.1) is 0 Å². The molecule has 2 aromatic carbocycles. The van der Waals surface area contributed by atoms with Gasteiger partial charge in [0.05, 0.1) is 16.7 Å². The maximum atomic E-state index is 13.9. The standard InChI is InChI=1S/C23H27FN2O3/c1-15(2)11-12-26-19-13-16(25-21(27)17-7-5-6-8-18(17)24)9-10-20(19)29-14-23(3,4)22(26)28/h5-10,13,15H,11-12,14H2,1-4H3,(H,25,27). The van der Waals surface area contributed by atoms with Crippen LogP contribution in [0.2, 0.25) is 0 Å². The first kappa shape index (κ1) is 20.8. The zero-order valence-corrected chi connectivity index (χ0v) is 17.3. The van der Waals surface area contributed by atoms with E-state index < -0.39 is 17.1 Å². The lowest BCUT2D eigenvalue weighted by atomic mass is 9.92. The highest BCUT2D eigenvalue weighted by atomic mass is 19.1. The van der Waals surface area contributed by atoms with Gasteiger partial charge in [-0.3, -0.25) is 9.59 Å². The zero-order valence-electron chi connectivity index (χ0n) is 17.3. The molecule has 0 spiro atoms. The number of benzene rings is 2. The highest BCUT2D eigenvalue weighted by Gasteiger charge is 2.37. The number of carbonyl (C=O) groups excluding carboxylic acids is 2. The van der Waals surface area contributed by atoms with Gasteiger partial charge >= 0.3 is 0 Å². The Kier molecular flexibility index (Phi) is 5.91. The molecular weight excluding hydrogens is 371 g/mol. The molecule has 1 heterocycles. The number of fused-ring (bicyclic) bond motifs is 1. The van der Waals surface area contributed by atoms with E-state index in [9.17, 15) is 14.0 Å². The van der Waals surface area contributed by atoms with Gasteiger partial charge in [0.25, 0.3) is 5.91 Å². The normalized spacial score (nSPS) is 15.5. The third-order valence-corrected chi connectivity index (χ3v) is 4.97. The quantitative estimate of drug-likeness (QED) is 0.781. The topological polar surface area (TPSA) is 58.6 Å². The summed E-state index contributed by atoms with van der Waals surface area (Å²) >= 11 is 0. The van der Waals surface area contributed by atoms with Crippen molar-refractivity contribution in [1.29, 1.82) is 0 Å². The Morgan fingerprint density at radius 1 is 1.24 bits per heavy atom. The Bertz CT molecular complexity index is 924. The second-order valence-corrected chi connectivity index (χ2v) is 8.43. The number of carbonyl (C=O) groups is 2. The van der Waals surface area contributed by atoms with Crippen molar-refractivity contribution in [2.24, 2.45) is 11.3 Å². The number of anilines is 2. The Morgan fingerprint density at radius 2 is 1.97 bits per heavy atom. The molecule has 1 N–H and O–H groups in total. The Morgan fingerprint density at radius 3 is 2.66 bits per heavy atom. The number of nitrogens with zero attached hydrogens (tertiary/aromatic N) is 1. The van der Waals surface area contributed by atoms with Crippen molar-refractivity contribution in [3.8, 4) is 5.75 Å². The van der Waals surface area contributed by atoms with E-state index in [0.717, 1.165) is 6.42 Å². The summed E-state index contributed by atoms with van der Waals surface area (Å²) in [7, 11) is 0. The summed E-state index contributed by atoms with van der Waals surface area (Å²) in [5.74, 6) is -0.120. The molecule has 2 aromatic rings. The molecule has 29 heavy (non-hydrogen) atoms. The number of hydrogen-bond acceptors (Lipinski definition) is 3. The highest BCUT2D eigenvalue weighted by Crippen LogP contribution is 2.38. The first-order valence-electron chi connectivity index (χ1n) is 9.84. The van der Waals surface area contributed by atoms with Crippen LogP contribution in [0.3, 0.4) is 0 Å². The molecule has 5 nitrogen and oxygen atoms in total. The molecule has 1 aliphatic heterocycles. The molecule has 0 aromatic heterocycles. The largest absolute Gasteiger partial charge is 0.490 e. The molecule has 6 heteroatoms. The number of hydrogen-bond donors (Lipinski definition) is 1. The molecular formula is C23H27FN2O3. The van der Waals surface area contributed by atoms with Crippen molar-refractivity contribution in [3.05, 3.63) is 53.8 Å². The third kappa shape index (κ3) is 4.58. The minimum atomic E-state index is -0.660. The summed E-state index contributed by atoms with van der Waals surface area (Å²) in [5.41, 5.74) is 0.398. The fourth-order valence-corrected chi connectivity index (χ4v) is 3.18. The Labute approximate surface area is 170 Å². The summed E-state index contributed by atoms with van der Waals surface area (Å²) in [4.78, 5) is 27.4. The maximum absolute atomic E-state index is 13.9. The summed E-state index contributed by atoms with van der Waals surface area (Å²) in [5, 5.41) is 2.72. The van der Waals surface area contributed by atoms with Gasteiger partial charge in [0.1, 0.15) is 18.2 Å². The van der Waals surface area contributed by atoms with Crippen LogP contribution in [0, 0.1) is 17.2 Å². The molecule has 0 aliphatic carbocycles. The van der Waals surface area contributed by atoms with Crippen LogP contribution in [0.1, 0.15) is 44.5 Å². The molecule has 0 atom stereocenters. The lowest BCUT2D eigenvalue weighted by molar-refractivity contribution is -0.127. The average molecular weight is 398 g/mol. The van der Waals surface area contributed by atoms with Crippen molar-refractivity contribution in [2.45, 2.75) is 34.1 Å². The average Bonchev–Trinajstić information content (AvgIpc) is 2.75. The van der Waals surface area contributed by atoms with Gasteiger partial charge < -0.3 is 15.0 Å². The predicted octanol–water partition coefficient (Wildman–Crippen LogP) is 4.88. The van der Waals surface area contributed by atoms with Crippen LogP contribution >= 0.6 is 0 Å². The molecule has 154 valence electrons. The lowest BCUT2D eigenvalue weighted by Gasteiger charge is -2.28. The molecule has 0 unspecified atom stereocenters. The molecule has 3 rings (SSSR count). The zero-order chi connectivity index (χ0) is 21.2. The van der Waals surface area contributed by atoms with Gasteiger partial charge in [0, 0.05) is 12.2 Å². The first-order chi connectivity index (χ1) is 13.7. The molecule has 0 radical (unpaired) electrons. The Hall–Kier alpha value is -2.89. The monoisotopic (exact) mass is 398 g/mol. The fourth-order valence-electron chi connectivity index (χ4n) is 3.18. The predicted molar refractivity (Wildman–Crippen MR) is 112 cm³/mol. The van der Waals surface area contributed by atoms with Crippen molar-refractivity contribution in [3.63, 3.8) is 0 Å². The van der Waals surface area contributed by atoms with Crippen molar-refractivity contribution < 1.29 is 18.7 Å². The number of halogens is 1. The summed E-state index contributed by atoms with van der Waals surface area (Å²) in [6, 6.07) is 11.0. The number of amides is 2. The van der Waals surface area contributed by atoms with E-state index in [4.69, 9.17) is 4.74 Å². The van der Waals surface area contributed by atoms with Gasteiger partial charge in [0.15, 0.2) is 0 Å². The summed E-state index contributed by atoms with van der Waals surface area (Å²) < 4.78 is 19.8. The smallest absolute Gasteiger partial charge is 0.258 e. The number of nitrogens with one attached hydrogen (secondary N) is 1. The van der Waals surface area contributed by atoms with Gasteiger partial charge in [-0.1, -0.05) is 26.0 Å². The van der Waals surface area contributed by atoms with Gasteiger partial charge in [-0.2, -0.15) is 0 Å². The summed E-state index contributed by atoms with van der Waals surface area (Å²) in [6.07, 6.45) is 0.840. The van der Waals surface area contributed by atoms with E-state index in [-0.39, 0.29) is 18.1 Å². The number of ether oxygens (including phenoxy) is 1. The Balaban J connectivity index is 1.93. The van der Waals surface area contributed by atoms with E-state index in [0.29, 0.717) is 29.6 Å². The fraction of sp³-hybridized carbons (Fsp3) is 0.391. The van der Waals surface area contributed by atoms with E-state index >= 15 is 0 Å². The molecule has 1 aliphatic rings. The van der Waals surface area contributed by atoms with E-state index in [1.54, 1.807) is 29.2 Å². The maximum Gasteiger partial charge on any atom is 0.258 e. The lowest BCUT2D eigenvalue weighted by Crippen LogP contribution is -2.42. The van der Waals surface area contributed by atoms with Gasteiger partial charge in [-0.25, -0.2) is 4.39 Å². The molecule has 0 bridgehead atoms. The van der Waals surface area contributed by atoms with Crippen molar-refractivity contribution >= 4 is 23.2 Å². The molecule has 0 saturated carbocycles. The van der Waals surface area contributed by atoms with E-state index in [2.05, 4.69) is 19.2 Å². The number of rotatable bonds is 5. The minimum Gasteiger partial charge on any atom is -0.490 e. The first-order valence-corrected chi connectivity index (χ1v) is 9.84. The van der Waals surface area contributed by atoms with Crippen molar-refractivity contribution in [2.75, 3.05) is 23.4 Å². The third-order valence-electron chi connectivity index (χ3n) is 4.97. The highest BCUT2D eigenvalue weighted by molar-refractivity contribution is 6.05. The molecule has 0 fully saturated rings. The van der Waals surface area contributed by atoms with Crippen LogP contribution in [0.5, 0.6) is 5.75 Å². The second-order valence-electron chi connectivity index (χ2n) is 8.43. The van der Waals surface area contributed by atoms with Gasteiger partial charge in [-0.05, 0) is 56.5 Å². The van der Waals surface area contributed by atoms with E-state index in [1.807, 2.05) is 13.8 Å². The minimum absolute atomic E-state index is 0.0190. The van der Waals surface area contributed by atoms with Crippen LogP contribution < -0.4 is 15.0 Å². The van der Waals surface area contributed by atoms with Crippen LogP contribution in [-0.2, 0) is 4.79 Å². The van der Waals surface area contributed by atoms with Crippen LogP contribution in [-0.4, -0.2) is 25.0 Å². The van der Waals surface area contributed by atoms with Crippen molar-refractivity contribution in [1.82, 2.24) is 0 Å². The summed E-state index contributed by atoms with van der Waals surface area (Å²) in [6.45, 7) is 8.78. The molecule has 0 saturated heterocycles. The second kappa shape index (κ2) is 8.23. The SMILES string of the molecule is CC(C)CCN1C(=O)C(C)(C)COc2ccc(NC(=O)c3ccccc3F)cc21. The van der Waals surface area contributed by atoms with Crippen LogP contribution in [0.25, 0.3) is 0 Å². The van der Waals surface area contributed by atoms with E-state index in [1.165, 1.54) is 18.2 Å².